The number of aryl methyl sites for hydroxylation is 1. The number of hydrogen-bond donors (Lipinski definition) is 0. The molecule has 0 unspecified atom stereocenters. The predicted octanol–water partition coefficient (Wildman–Crippen LogP) is 3.15. The van der Waals surface area contributed by atoms with E-state index in [0.29, 0.717) is 18.8 Å². The van der Waals surface area contributed by atoms with Gasteiger partial charge in [0.05, 0.1) is 18.5 Å². The standard InChI is InChI=1S/C22H24N4O2/c1-17-16-21(26(23-17)19-8-10-20(28-2)11-9-19)22(27)25-14-12-24(13-15-25)18-6-4-3-5-7-18/h3-11,16H,12-15H2,1-2H3. The van der Waals surface area contributed by atoms with Crippen molar-refractivity contribution in [2.24, 2.45) is 0 Å². The van der Waals surface area contributed by atoms with E-state index >= 15 is 0 Å². The minimum absolute atomic E-state index is 0.0177. The maximum absolute atomic E-state index is 13.2. The van der Waals surface area contributed by atoms with Gasteiger partial charge in [-0.05, 0) is 49.4 Å². The van der Waals surface area contributed by atoms with Crippen LogP contribution in [0.1, 0.15) is 16.2 Å². The molecule has 1 aromatic heterocycles. The van der Waals surface area contributed by atoms with Gasteiger partial charge < -0.3 is 14.5 Å². The van der Waals surface area contributed by atoms with E-state index in [1.165, 1.54) is 5.69 Å². The Balaban J connectivity index is 1.51. The summed E-state index contributed by atoms with van der Waals surface area (Å²) in [5.41, 5.74) is 3.46. The van der Waals surface area contributed by atoms with E-state index in [-0.39, 0.29) is 5.91 Å². The predicted molar refractivity (Wildman–Crippen MR) is 109 cm³/mol. The first-order chi connectivity index (χ1) is 13.7. The second-order valence-electron chi connectivity index (χ2n) is 6.90. The molecule has 1 aliphatic heterocycles. The smallest absolute Gasteiger partial charge is 0.272 e. The fraction of sp³-hybridized carbons (Fsp3) is 0.273. The molecule has 0 bridgehead atoms. The zero-order valence-electron chi connectivity index (χ0n) is 16.2. The molecule has 6 nitrogen and oxygen atoms in total. The van der Waals surface area contributed by atoms with E-state index in [1.54, 1.807) is 11.8 Å². The highest BCUT2D eigenvalue weighted by molar-refractivity contribution is 5.93. The monoisotopic (exact) mass is 376 g/mol. The molecule has 0 spiro atoms. The van der Waals surface area contributed by atoms with E-state index in [9.17, 15) is 4.79 Å². The molecule has 2 heterocycles. The fourth-order valence-electron chi connectivity index (χ4n) is 3.54. The van der Waals surface area contributed by atoms with Gasteiger partial charge in [0.25, 0.3) is 5.91 Å². The van der Waals surface area contributed by atoms with Crippen LogP contribution in [0, 0.1) is 6.92 Å². The number of aromatic nitrogens is 2. The third-order valence-electron chi connectivity index (χ3n) is 5.06. The largest absolute Gasteiger partial charge is 0.497 e. The number of hydrogen-bond acceptors (Lipinski definition) is 4. The summed E-state index contributed by atoms with van der Waals surface area (Å²) in [6.07, 6.45) is 0. The lowest BCUT2D eigenvalue weighted by atomic mass is 10.2. The number of nitrogens with zero attached hydrogens (tertiary/aromatic N) is 4. The molecule has 28 heavy (non-hydrogen) atoms. The van der Waals surface area contributed by atoms with Crippen molar-refractivity contribution in [2.45, 2.75) is 6.92 Å². The molecule has 2 aromatic carbocycles. The van der Waals surface area contributed by atoms with Gasteiger partial charge in [-0.15, -0.1) is 0 Å². The number of rotatable bonds is 4. The number of para-hydroxylation sites is 1. The SMILES string of the molecule is COc1ccc(-n2nc(C)cc2C(=O)N2CCN(c3ccccc3)CC2)cc1. The molecule has 1 fully saturated rings. The second kappa shape index (κ2) is 7.76. The number of carbonyl (C=O) groups excluding carboxylic acids is 1. The normalized spacial score (nSPS) is 14.2. The van der Waals surface area contributed by atoms with Gasteiger partial charge in [0.2, 0.25) is 0 Å². The number of ether oxygens (including phenoxy) is 1. The van der Waals surface area contributed by atoms with Gasteiger partial charge in [0.1, 0.15) is 11.4 Å². The first kappa shape index (κ1) is 18.1. The van der Waals surface area contributed by atoms with Gasteiger partial charge in [0.15, 0.2) is 0 Å². The number of carbonyl (C=O) groups is 1. The molecule has 0 saturated carbocycles. The van der Waals surface area contributed by atoms with Crippen molar-refractivity contribution in [3.05, 3.63) is 72.1 Å². The first-order valence-electron chi connectivity index (χ1n) is 9.46. The van der Waals surface area contributed by atoms with Crippen LogP contribution in [0.4, 0.5) is 5.69 Å². The molecule has 144 valence electrons. The van der Waals surface area contributed by atoms with Crippen LogP contribution in [-0.2, 0) is 0 Å². The van der Waals surface area contributed by atoms with Crippen molar-refractivity contribution < 1.29 is 9.53 Å². The summed E-state index contributed by atoms with van der Waals surface area (Å²) < 4.78 is 6.94. The Labute approximate surface area is 164 Å². The van der Waals surface area contributed by atoms with E-state index in [2.05, 4.69) is 22.1 Å². The van der Waals surface area contributed by atoms with Gasteiger partial charge in [-0.2, -0.15) is 5.10 Å². The number of benzene rings is 2. The maximum atomic E-state index is 13.2. The van der Waals surface area contributed by atoms with Crippen molar-refractivity contribution in [3.63, 3.8) is 0 Å². The maximum Gasteiger partial charge on any atom is 0.272 e. The molecule has 0 N–H and O–H groups in total. The molecule has 1 aliphatic rings. The molecule has 0 aliphatic carbocycles. The van der Waals surface area contributed by atoms with Crippen molar-refractivity contribution in [1.29, 1.82) is 0 Å². The van der Waals surface area contributed by atoms with Crippen LogP contribution in [0.5, 0.6) is 5.75 Å². The zero-order valence-corrected chi connectivity index (χ0v) is 16.2. The van der Waals surface area contributed by atoms with Gasteiger partial charge in [-0.3, -0.25) is 4.79 Å². The molecular weight excluding hydrogens is 352 g/mol. The number of amides is 1. The Hall–Kier alpha value is -3.28. The summed E-state index contributed by atoms with van der Waals surface area (Å²) in [5.74, 6) is 0.793. The van der Waals surface area contributed by atoms with Crippen LogP contribution < -0.4 is 9.64 Å². The molecule has 0 radical (unpaired) electrons. The Morgan fingerprint density at radius 3 is 2.25 bits per heavy atom. The quantitative estimate of drug-likeness (QED) is 0.702. The van der Waals surface area contributed by atoms with Gasteiger partial charge >= 0.3 is 0 Å². The molecule has 0 atom stereocenters. The molecule has 1 saturated heterocycles. The highest BCUT2D eigenvalue weighted by Crippen LogP contribution is 2.20. The summed E-state index contributed by atoms with van der Waals surface area (Å²) in [7, 11) is 1.64. The highest BCUT2D eigenvalue weighted by atomic mass is 16.5. The van der Waals surface area contributed by atoms with Crippen molar-refractivity contribution >= 4 is 11.6 Å². The Kier molecular flexibility index (Phi) is 5.02. The average molecular weight is 376 g/mol. The third kappa shape index (κ3) is 3.58. The molecule has 1 amide bonds. The lowest BCUT2D eigenvalue weighted by molar-refractivity contribution is 0.0737. The van der Waals surface area contributed by atoms with Crippen molar-refractivity contribution in [2.75, 3.05) is 38.2 Å². The Morgan fingerprint density at radius 2 is 1.61 bits per heavy atom. The number of piperazine rings is 1. The topological polar surface area (TPSA) is 50.6 Å². The minimum Gasteiger partial charge on any atom is -0.497 e. The van der Waals surface area contributed by atoms with Crippen molar-refractivity contribution in [1.82, 2.24) is 14.7 Å². The van der Waals surface area contributed by atoms with E-state index in [4.69, 9.17) is 4.74 Å². The Bertz CT molecular complexity index is 942. The van der Waals surface area contributed by atoms with Crippen LogP contribution >= 0.6 is 0 Å². The van der Waals surface area contributed by atoms with Crippen LogP contribution in [0.2, 0.25) is 0 Å². The lowest BCUT2D eigenvalue weighted by Crippen LogP contribution is -2.49. The first-order valence-corrected chi connectivity index (χ1v) is 9.46. The van der Waals surface area contributed by atoms with Crippen molar-refractivity contribution in [3.8, 4) is 11.4 Å². The molecule has 4 rings (SSSR count). The average Bonchev–Trinajstić information content (AvgIpc) is 3.15. The summed E-state index contributed by atoms with van der Waals surface area (Å²) in [6.45, 7) is 4.95. The summed E-state index contributed by atoms with van der Waals surface area (Å²) in [4.78, 5) is 17.4. The summed E-state index contributed by atoms with van der Waals surface area (Å²) in [6, 6.07) is 19.8. The van der Waals surface area contributed by atoms with Gasteiger partial charge in [-0.25, -0.2) is 4.68 Å². The highest BCUT2D eigenvalue weighted by Gasteiger charge is 2.25. The van der Waals surface area contributed by atoms with E-state index in [1.807, 2.05) is 60.4 Å². The summed E-state index contributed by atoms with van der Waals surface area (Å²) in [5, 5.41) is 4.53. The van der Waals surface area contributed by atoms with Gasteiger partial charge in [-0.1, -0.05) is 18.2 Å². The van der Waals surface area contributed by atoms with E-state index < -0.39 is 0 Å². The molecule has 6 heteroatoms. The Morgan fingerprint density at radius 1 is 0.929 bits per heavy atom. The summed E-state index contributed by atoms with van der Waals surface area (Å²) >= 11 is 0. The van der Waals surface area contributed by atoms with E-state index in [0.717, 1.165) is 30.2 Å². The van der Waals surface area contributed by atoms with Crippen LogP contribution in [0.25, 0.3) is 5.69 Å². The minimum atomic E-state index is 0.0177. The number of anilines is 1. The fourth-order valence-corrected chi connectivity index (χ4v) is 3.54. The number of methoxy groups -OCH3 is 1. The van der Waals surface area contributed by atoms with Crippen LogP contribution in [0.15, 0.2) is 60.7 Å². The van der Waals surface area contributed by atoms with Crippen LogP contribution in [0.3, 0.4) is 0 Å². The molecular formula is C22H24N4O2. The second-order valence-corrected chi connectivity index (χ2v) is 6.90. The van der Waals surface area contributed by atoms with Gasteiger partial charge in [0, 0.05) is 31.9 Å². The molecule has 3 aromatic rings. The third-order valence-corrected chi connectivity index (χ3v) is 5.06. The lowest BCUT2D eigenvalue weighted by Gasteiger charge is -2.36. The van der Waals surface area contributed by atoms with Crippen LogP contribution in [-0.4, -0.2) is 53.9 Å². The zero-order chi connectivity index (χ0) is 19.5.